The zero-order chi connectivity index (χ0) is 9.26. The SMILES string of the molecule is O=C1N=[C-]N=C1N1CCSCC1=O. The number of amides is 2. The molecular formula is C7H6N3O2S-. The predicted molar refractivity (Wildman–Crippen MR) is 48.9 cm³/mol. The second kappa shape index (κ2) is 3.29. The molecule has 1 fully saturated rings. The van der Waals surface area contributed by atoms with Gasteiger partial charge in [0.05, 0.1) is 5.75 Å². The van der Waals surface area contributed by atoms with Gasteiger partial charge in [-0.15, -0.1) is 0 Å². The van der Waals surface area contributed by atoms with Crippen molar-refractivity contribution in [3.63, 3.8) is 0 Å². The Morgan fingerprint density at radius 2 is 2.31 bits per heavy atom. The monoisotopic (exact) mass is 196 g/mol. The van der Waals surface area contributed by atoms with Crippen LogP contribution in [-0.2, 0) is 9.59 Å². The quantitative estimate of drug-likeness (QED) is 0.486. The molecule has 0 spiro atoms. The lowest BCUT2D eigenvalue weighted by atomic mass is 10.4. The van der Waals surface area contributed by atoms with E-state index in [0.717, 1.165) is 5.75 Å². The molecule has 2 aliphatic heterocycles. The number of carbonyl (C=O) groups excluding carboxylic acids is 2. The van der Waals surface area contributed by atoms with Crippen LogP contribution in [0.25, 0.3) is 0 Å². The van der Waals surface area contributed by atoms with Crippen molar-refractivity contribution in [1.82, 2.24) is 4.90 Å². The Labute approximate surface area is 78.9 Å². The fourth-order valence-electron chi connectivity index (χ4n) is 1.13. The molecule has 0 aliphatic carbocycles. The number of hydrogen-bond acceptors (Lipinski definition) is 4. The van der Waals surface area contributed by atoms with Gasteiger partial charge in [0.15, 0.2) is 5.91 Å². The summed E-state index contributed by atoms with van der Waals surface area (Å²) in [5.74, 6) is 0.803. The van der Waals surface area contributed by atoms with E-state index in [1.807, 2.05) is 0 Å². The molecule has 68 valence electrons. The third-order valence-corrected chi connectivity index (χ3v) is 2.66. The Morgan fingerprint density at radius 3 is 2.92 bits per heavy atom. The molecule has 0 aromatic heterocycles. The first kappa shape index (κ1) is 8.43. The van der Waals surface area contributed by atoms with E-state index in [4.69, 9.17) is 0 Å². The number of aliphatic imine (C=N–C) groups is 2. The molecule has 2 rings (SSSR count). The van der Waals surface area contributed by atoms with Gasteiger partial charge in [0.2, 0.25) is 5.91 Å². The minimum absolute atomic E-state index is 0.0812. The number of thioether (sulfide) groups is 1. The van der Waals surface area contributed by atoms with Gasteiger partial charge in [-0.3, -0.25) is 4.79 Å². The number of nitrogens with zero attached hydrogens (tertiary/aromatic N) is 3. The lowest BCUT2D eigenvalue weighted by Crippen LogP contribution is -2.44. The van der Waals surface area contributed by atoms with Crippen LogP contribution in [0.5, 0.6) is 0 Å². The maximum atomic E-state index is 11.3. The number of rotatable bonds is 0. The van der Waals surface area contributed by atoms with Crippen LogP contribution in [0, 0.1) is 0 Å². The van der Waals surface area contributed by atoms with Crippen molar-refractivity contribution in [2.24, 2.45) is 9.98 Å². The summed E-state index contributed by atoms with van der Waals surface area (Å²) >= 11 is 1.56. The molecule has 0 N–H and O–H groups in total. The molecule has 0 bridgehead atoms. The number of carbonyl (C=O) groups is 2. The summed E-state index contributed by atoms with van der Waals surface area (Å²) in [6.45, 7) is 0.533. The molecule has 5 nitrogen and oxygen atoms in total. The van der Waals surface area contributed by atoms with Gasteiger partial charge in [0.1, 0.15) is 0 Å². The molecule has 1 saturated heterocycles. The maximum absolute atomic E-state index is 11.3. The summed E-state index contributed by atoms with van der Waals surface area (Å²) in [6, 6.07) is 0. The Balaban J connectivity index is 2.16. The molecular weight excluding hydrogens is 190 g/mol. The summed E-state index contributed by atoms with van der Waals surface area (Å²) in [5.41, 5.74) is 0. The second-order valence-corrected chi connectivity index (χ2v) is 3.66. The third-order valence-electron chi connectivity index (χ3n) is 1.74. The molecule has 0 aromatic carbocycles. The molecule has 6 heteroatoms. The van der Waals surface area contributed by atoms with Crippen LogP contribution in [-0.4, -0.2) is 46.9 Å². The van der Waals surface area contributed by atoms with Gasteiger partial charge in [-0.05, 0) is 0 Å². The van der Waals surface area contributed by atoms with Crippen LogP contribution >= 0.6 is 11.8 Å². The first-order chi connectivity index (χ1) is 6.29. The van der Waals surface area contributed by atoms with E-state index in [0.29, 0.717) is 12.3 Å². The minimum Gasteiger partial charge on any atom is -0.356 e. The van der Waals surface area contributed by atoms with Gasteiger partial charge in [-0.1, -0.05) is 0 Å². The summed E-state index contributed by atoms with van der Waals surface area (Å²) in [6.07, 6.45) is 2.20. The van der Waals surface area contributed by atoms with E-state index in [2.05, 4.69) is 16.3 Å². The van der Waals surface area contributed by atoms with Crippen molar-refractivity contribution >= 4 is 35.8 Å². The molecule has 13 heavy (non-hydrogen) atoms. The predicted octanol–water partition coefficient (Wildman–Crippen LogP) is -0.594. The van der Waals surface area contributed by atoms with Crippen molar-refractivity contribution in [3.8, 4) is 0 Å². The third kappa shape index (κ3) is 1.49. The lowest BCUT2D eigenvalue weighted by Gasteiger charge is -2.29. The van der Waals surface area contributed by atoms with Gasteiger partial charge >= 0.3 is 0 Å². The second-order valence-electron chi connectivity index (χ2n) is 2.55. The highest BCUT2D eigenvalue weighted by Crippen LogP contribution is 2.12. The highest BCUT2D eigenvalue weighted by atomic mass is 32.2. The van der Waals surface area contributed by atoms with Gasteiger partial charge in [-0.25, -0.2) is 0 Å². The molecule has 0 radical (unpaired) electrons. The molecule has 2 heterocycles. The van der Waals surface area contributed by atoms with Crippen molar-refractivity contribution in [1.29, 1.82) is 0 Å². The average molecular weight is 196 g/mol. The normalized spacial score (nSPS) is 22.5. The van der Waals surface area contributed by atoms with Crippen LogP contribution in [0.2, 0.25) is 0 Å². The highest BCUT2D eigenvalue weighted by molar-refractivity contribution is 8.00. The van der Waals surface area contributed by atoms with E-state index < -0.39 is 5.91 Å². The summed E-state index contributed by atoms with van der Waals surface area (Å²) in [4.78, 5) is 30.7. The number of hydrogen-bond donors (Lipinski definition) is 0. The van der Waals surface area contributed by atoms with Crippen molar-refractivity contribution in [2.45, 2.75) is 0 Å². The Bertz CT molecular complexity index is 324. The molecule has 0 atom stereocenters. The lowest BCUT2D eigenvalue weighted by molar-refractivity contribution is -0.126. The van der Waals surface area contributed by atoms with E-state index in [9.17, 15) is 9.59 Å². The van der Waals surface area contributed by atoms with E-state index in [1.165, 1.54) is 4.90 Å². The van der Waals surface area contributed by atoms with Crippen LogP contribution in [0.3, 0.4) is 0 Å². The van der Waals surface area contributed by atoms with Crippen LogP contribution in [0.4, 0.5) is 0 Å². The van der Waals surface area contributed by atoms with Crippen LogP contribution in [0.1, 0.15) is 0 Å². The molecule has 0 unspecified atom stereocenters. The molecule has 0 saturated carbocycles. The zero-order valence-electron chi connectivity index (χ0n) is 6.69. The smallest absolute Gasteiger partial charge is 0.226 e. The number of amidine groups is 1. The maximum Gasteiger partial charge on any atom is 0.226 e. The standard InChI is InChI=1S/C7H6N3O2S/c11-5-3-13-2-1-10(5)6-7(12)9-4-8-6/h1-3H2/q-1. The highest BCUT2D eigenvalue weighted by Gasteiger charge is 2.21. The van der Waals surface area contributed by atoms with Gasteiger partial charge < -0.3 is 19.7 Å². The van der Waals surface area contributed by atoms with Crippen LogP contribution < -0.4 is 0 Å². The van der Waals surface area contributed by atoms with E-state index >= 15 is 0 Å². The van der Waals surface area contributed by atoms with Crippen LogP contribution in [0.15, 0.2) is 9.98 Å². The van der Waals surface area contributed by atoms with E-state index in [1.54, 1.807) is 11.8 Å². The first-order valence-corrected chi connectivity index (χ1v) is 4.90. The van der Waals surface area contributed by atoms with Gasteiger partial charge in [-0.2, -0.15) is 11.8 Å². The fraction of sp³-hybridized carbons (Fsp3) is 0.429. The molecule has 2 amide bonds. The van der Waals surface area contributed by atoms with E-state index in [-0.39, 0.29) is 11.7 Å². The summed E-state index contributed by atoms with van der Waals surface area (Å²) in [5, 5.41) is 0. The van der Waals surface area contributed by atoms with Crippen molar-refractivity contribution < 1.29 is 9.59 Å². The summed E-state index contributed by atoms with van der Waals surface area (Å²) in [7, 11) is 0. The average Bonchev–Trinajstić information content (AvgIpc) is 2.52. The molecule has 0 aromatic rings. The Morgan fingerprint density at radius 1 is 1.46 bits per heavy atom. The zero-order valence-corrected chi connectivity index (χ0v) is 7.50. The molecule has 2 aliphatic rings. The fourth-order valence-corrected chi connectivity index (χ4v) is 1.92. The van der Waals surface area contributed by atoms with Crippen molar-refractivity contribution in [2.75, 3.05) is 18.1 Å². The Kier molecular flexibility index (Phi) is 2.13. The summed E-state index contributed by atoms with van der Waals surface area (Å²) < 4.78 is 0. The van der Waals surface area contributed by atoms with Gasteiger partial charge in [0, 0.05) is 24.5 Å². The largest absolute Gasteiger partial charge is 0.356 e. The van der Waals surface area contributed by atoms with Crippen molar-refractivity contribution in [3.05, 3.63) is 0 Å². The Hall–Kier alpha value is -1.17. The topological polar surface area (TPSA) is 62.1 Å². The first-order valence-electron chi connectivity index (χ1n) is 3.75. The van der Waals surface area contributed by atoms with Gasteiger partial charge in [0.25, 0.3) is 0 Å². The minimum atomic E-state index is -0.472.